The molecule has 2 unspecified atom stereocenters. The molecule has 7 heteroatoms. The molecule has 1 aliphatic heterocycles. The molecule has 2 aromatic rings. The van der Waals surface area contributed by atoms with Crippen molar-refractivity contribution in [3.8, 4) is 0 Å². The summed E-state index contributed by atoms with van der Waals surface area (Å²) in [6.07, 6.45) is 2.24. The molecule has 2 atom stereocenters. The third-order valence-corrected chi connectivity index (χ3v) is 7.16. The van der Waals surface area contributed by atoms with Gasteiger partial charge < -0.3 is 4.55 Å². The molecule has 2 aromatic carbocycles. The topological polar surface area (TPSA) is 72.5 Å². The van der Waals surface area contributed by atoms with Crippen LogP contribution >= 0.6 is 15.9 Å². The van der Waals surface area contributed by atoms with Crippen LogP contribution in [0, 0.1) is 0 Å². The predicted molar refractivity (Wildman–Crippen MR) is 124 cm³/mol. The molecule has 1 heterocycles. The van der Waals surface area contributed by atoms with Crippen LogP contribution in [0.1, 0.15) is 72.4 Å². The van der Waals surface area contributed by atoms with Gasteiger partial charge in [-0.2, -0.15) is 0 Å². The number of hydrogen-bond donors (Lipinski definition) is 1. The van der Waals surface area contributed by atoms with Crippen molar-refractivity contribution in [1.29, 1.82) is 0 Å². The summed E-state index contributed by atoms with van der Waals surface area (Å²) >= 11 is 2.30. The fraction of sp³-hybridized carbons (Fsp3) is 0.391. The van der Waals surface area contributed by atoms with Gasteiger partial charge in [0.25, 0.3) is 11.8 Å². The number of carbonyl (C=O) groups is 2. The lowest BCUT2D eigenvalue weighted by atomic mass is 10.0. The normalized spacial score (nSPS) is 16.0. The van der Waals surface area contributed by atoms with Crippen LogP contribution < -0.4 is 4.72 Å². The number of hydrogen-bond acceptors (Lipinski definition) is 4. The minimum Gasteiger partial charge on any atom is -0.598 e. The molecule has 160 valence electrons. The van der Waals surface area contributed by atoms with E-state index in [-0.39, 0.29) is 22.6 Å². The van der Waals surface area contributed by atoms with Crippen molar-refractivity contribution in [3.05, 3.63) is 69.7 Å². The Balaban J connectivity index is 1.61. The fourth-order valence-corrected chi connectivity index (χ4v) is 4.67. The summed E-state index contributed by atoms with van der Waals surface area (Å²) in [6.45, 7) is 6.21. The molecule has 0 aliphatic carbocycles. The quantitative estimate of drug-likeness (QED) is 0.320. The molecule has 30 heavy (non-hydrogen) atoms. The van der Waals surface area contributed by atoms with Gasteiger partial charge in [-0.25, -0.2) is 0 Å². The zero-order valence-corrected chi connectivity index (χ0v) is 19.9. The maximum Gasteiger partial charge on any atom is 0.261 e. The standard InChI is InChI=1S/C23H27BrN2O3S/c1-23(2,3)30(29)25-20(16-9-8-10-17(24)15-16)13-6-7-14-26-21(27)18-11-4-5-12-19(18)22(26)28/h4-5,8-12,15,20,25H,6-7,13-14H2,1-3H3. The van der Waals surface area contributed by atoms with Crippen molar-refractivity contribution in [2.24, 2.45) is 0 Å². The lowest BCUT2D eigenvalue weighted by Crippen LogP contribution is -2.41. The van der Waals surface area contributed by atoms with Gasteiger partial charge >= 0.3 is 0 Å². The number of rotatable bonds is 8. The Morgan fingerprint density at radius 3 is 2.23 bits per heavy atom. The van der Waals surface area contributed by atoms with Gasteiger partial charge in [-0.1, -0.05) is 40.2 Å². The predicted octanol–water partition coefficient (Wildman–Crippen LogP) is 5.01. The monoisotopic (exact) mass is 490 g/mol. The van der Waals surface area contributed by atoms with Gasteiger partial charge in [-0.05, 0) is 69.9 Å². The van der Waals surface area contributed by atoms with Crippen molar-refractivity contribution in [3.63, 3.8) is 0 Å². The van der Waals surface area contributed by atoms with Gasteiger partial charge in [-0.3, -0.25) is 14.5 Å². The Hall–Kier alpha value is -1.67. The number of benzene rings is 2. The van der Waals surface area contributed by atoms with Crippen LogP contribution in [0.15, 0.2) is 53.0 Å². The molecule has 0 saturated carbocycles. The molecule has 0 fully saturated rings. The summed E-state index contributed by atoms with van der Waals surface area (Å²) in [4.78, 5) is 26.3. The highest BCUT2D eigenvalue weighted by atomic mass is 79.9. The Bertz CT molecular complexity index is 894. The second-order valence-corrected chi connectivity index (χ2v) is 11.3. The second-order valence-electron chi connectivity index (χ2n) is 8.41. The van der Waals surface area contributed by atoms with Crippen molar-refractivity contribution >= 4 is 39.1 Å². The summed E-state index contributed by atoms with van der Waals surface area (Å²) in [6, 6.07) is 14.8. The second kappa shape index (κ2) is 9.64. The Morgan fingerprint density at radius 1 is 1.03 bits per heavy atom. The average Bonchev–Trinajstić information content (AvgIpc) is 2.94. The van der Waals surface area contributed by atoms with Crippen LogP contribution in [-0.4, -0.2) is 32.6 Å². The summed E-state index contributed by atoms with van der Waals surface area (Å²) in [5.41, 5.74) is 2.02. The highest BCUT2D eigenvalue weighted by Crippen LogP contribution is 2.27. The number of carbonyl (C=O) groups excluding carboxylic acids is 2. The maximum absolute atomic E-state index is 12.7. The third-order valence-electron chi connectivity index (χ3n) is 5.06. The first kappa shape index (κ1) is 23.0. The SMILES string of the molecule is CC(C)(C)[S+]([O-])NC(CCCCN1C(=O)c2ccccc2C1=O)c1cccc(Br)c1. The van der Waals surface area contributed by atoms with E-state index in [0.29, 0.717) is 24.1 Å². The van der Waals surface area contributed by atoms with Gasteiger partial charge in [0, 0.05) is 22.4 Å². The largest absolute Gasteiger partial charge is 0.598 e. The molecule has 0 aromatic heterocycles. The van der Waals surface area contributed by atoms with E-state index >= 15 is 0 Å². The van der Waals surface area contributed by atoms with Gasteiger partial charge in [0.15, 0.2) is 0 Å². The van der Waals surface area contributed by atoms with Crippen LogP contribution in [0.2, 0.25) is 0 Å². The molecular weight excluding hydrogens is 464 g/mol. The van der Waals surface area contributed by atoms with E-state index in [4.69, 9.17) is 0 Å². The van der Waals surface area contributed by atoms with Gasteiger partial charge in [-0.15, -0.1) is 4.72 Å². The number of imide groups is 1. The van der Waals surface area contributed by atoms with Gasteiger partial charge in [0.2, 0.25) is 0 Å². The molecule has 1 N–H and O–H groups in total. The number of amides is 2. The van der Waals surface area contributed by atoms with Crippen molar-refractivity contribution < 1.29 is 14.1 Å². The zero-order valence-electron chi connectivity index (χ0n) is 17.5. The van der Waals surface area contributed by atoms with Crippen molar-refractivity contribution in [2.45, 2.75) is 50.8 Å². The van der Waals surface area contributed by atoms with E-state index in [0.717, 1.165) is 22.9 Å². The number of halogens is 1. The summed E-state index contributed by atoms with van der Waals surface area (Å²) in [5, 5.41) is 0. The smallest absolute Gasteiger partial charge is 0.261 e. The van der Waals surface area contributed by atoms with E-state index in [9.17, 15) is 14.1 Å². The highest BCUT2D eigenvalue weighted by Gasteiger charge is 2.34. The Kier molecular flexibility index (Phi) is 7.39. The molecule has 5 nitrogen and oxygen atoms in total. The Labute approximate surface area is 189 Å². The van der Waals surface area contributed by atoms with Crippen LogP contribution in [0.4, 0.5) is 0 Å². The molecule has 0 radical (unpaired) electrons. The maximum atomic E-state index is 12.7. The summed E-state index contributed by atoms with van der Waals surface area (Å²) in [5.74, 6) is -0.433. The number of nitrogens with one attached hydrogen (secondary N) is 1. The molecule has 0 spiro atoms. The molecular formula is C23H27BrN2O3S. The lowest BCUT2D eigenvalue weighted by molar-refractivity contribution is 0.0651. The van der Waals surface area contributed by atoms with E-state index < -0.39 is 11.4 Å². The van der Waals surface area contributed by atoms with Crippen LogP contribution in [0.3, 0.4) is 0 Å². The molecule has 2 amide bonds. The van der Waals surface area contributed by atoms with Crippen molar-refractivity contribution in [2.75, 3.05) is 6.54 Å². The van der Waals surface area contributed by atoms with E-state index in [1.165, 1.54) is 4.90 Å². The van der Waals surface area contributed by atoms with E-state index in [1.54, 1.807) is 24.3 Å². The lowest BCUT2D eigenvalue weighted by Gasteiger charge is -2.28. The number of nitrogens with zero attached hydrogens (tertiary/aromatic N) is 1. The molecule has 3 rings (SSSR count). The number of fused-ring (bicyclic) bond motifs is 1. The summed E-state index contributed by atoms with van der Waals surface area (Å²) < 4.78 is 16.5. The first-order valence-corrected chi connectivity index (χ1v) is 12.0. The molecule has 0 saturated heterocycles. The minimum atomic E-state index is -1.20. The fourth-order valence-electron chi connectivity index (χ4n) is 3.38. The molecule has 0 bridgehead atoms. The van der Waals surface area contributed by atoms with E-state index in [1.807, 2.05) is 45.0 Å². The minimum absolute atomic E-state index is 0.0789. The first-order chi connectivity index (χ1) is 14.2. The zero-order chi connectivity index (χ0) is 21.9. The third kappa shape index (κ3) is 5.32. The van der Waals surface area contributed by atoms with Crippen LogP contribution in [0.25, 0.3) is 0 Å². The number of unbranched alkanes of at least 4 members (excludes halogenated alkanes) is 1. The van der Waals surface area contributed by atoms with E-state index in [2.05, 4.69) is 20.7 Å². The molecule has 1 aliphatic rings. The highest BCUT2D eigenvalue weighted by molar-refractivity contribution is 9.10. The average molecular weight is 491 g/mol. The first-order valence-electron chi connectivity index (χ1n) is 10.1. The van der Waals surface area contributed by atoms with Gasteiger partial charge in [0.1, 0.15) is 4.75 Å². The van der Waals surface area contributed by atoms with Crippen LogP contribution in [-0.2, 0) is 11.4 Å². The van der Waals surface area contributed by atoms with Crippen molar-refractivity contribution in [1.82, 2.24) is 9.62 Å². The summed E-state index contributed by atoms with van der Waals surface area (Å²) in [7, 11) is 0. The van der Waals surface area contributed by atoms with Crippen LogP contribution in [0.5, 0.6) is 0 Å². The Morgan fingerprint density at radius 2 is 1.67 bits per heavy atom. The van der Waals surface area contributed by atoms with Gasteiger partial charge in [0.05, 0.1) is 17.2 Å².